The van der Waals surface area contributed by atoms with Gasteiger partial charge in [-0.05, 0) is 31.0 Å². The van der Waals surface area contributed by atoms with E-state index >= 15 is 0 Å². The normalized spacial score (nSPS) is 22.6. The summed E-state index contributed by atoms with van der Waals surface area (Å²) in [6.45, 7) is 1.12. The molecule has 2 saturated heterocycles. The molecule has 2 aliphatic rings. The standard InChI is InChI=1S/C27H28FN3O5/c1-35-14-13-31-24(33)16-27(26(31)34,19-8-2-3-9-20(19)28)15-23(32)30-12-6-7-18(17-30)25-29-21-10-4-5-11-22(21)36-25/h2-5,8-11,18H,6-7,12-17H2,1H3. The number of rotatable bonds is 7. The molecule has 1 aromatic heterocycles. The third-order valence-corrected chi connectivity index (χ3v) is 7.20. The number of imide groups is 1. The number of hydrogen-bond acceptors (Lipinski definition) is 6. The Balaban J connectivity index is 1.41. The molecule has 0 aliphatic carbocycles. The number of halogens is 1. The highest BCUT2D eigenvalue weighted by Gasteiger charge is 2.55. The Morgan fingerprint density at radius 1 is 1.19 bits per heavy atom. The van der Waals surface area contributed by atoms with Gasteiger partial charge in [0, 0.05) is 38.6 Å². The fourth-order valence-corrected chi connectivity index (χ4v) is 5.34. The zero-order valence-corrected chi connectivity index (χ0v) is 20.1. The van der Waals surface area contributed by atoms with Crippen molar-refractivity contribution in [2.75, 3.05) is 33.4 Å². The number of nitrogens with zero attached hydrogens (tertiary/aromatic N) is 3. The summed E-state index contributed by atoms with van der Waals surface area (Å²) in [4.78, 5) is 47.4. The van der Waals surface area contributed by atoms with Crippen LogP contribution in [0.2, 0.25) is 0 Å². The van der Waals surface area contributed by atoms with Crippen LogP contribution in [-0.4, -0.2) is 65.9 Å². The maximum atomic E-state index is 15.0. The molecular formula is C27H28FN3O5. The number of likely N-dealkylation sites (tertiary alicyclic amines) is 2. The van der Waals surface area contributed by atoms with Crippen LogP contribution in [0.25, 0.3) is 11.1 Å². The first-order chi connectivity index (χ1) is 17.4. The molecule has 2 atom stereocenters. The molecule has 3 aromatic rings. The van der Waals surface area contributed by atoms with E-state index in [1.54, 1.807) is 11.0 Å². The highest BCUT2D eigenvalue weighted by Crippen LogP contribution is 2.42. The summed E-state index contributed by atoms with van der Waals surface area (Å²) in [5.74, 6) is -1.41. The van der Waals surface area contributed by atoms with E-state index in [4.69, 9.17) is 9.15 Å². The number of oxazole rings is 1. The van der Waals surface area contributed by atoms with Crippen LogP contribution in [0, 0.1) is 5.82 Å². The monoisotopic (exact) mass is 493 g/mol. The van der Waals surface area contributed by atoms with Crippen molar-refractivity contribution in [3.63, 3.8) is 0 Å². The largest absolute Gasteiger partial charge is 0.440 e. The van der Waals surface area contributed by atoms with Crippen LogP contribution in [0.3, 0.4) is 0 Å². The van der Waals surface area contributed by atoms with Crippen LogP contribution in [0.1, 0.15) is 43.1 Å². The number of hydrogen-bond donors (Lipinski definition) is 0. The number of piperidine rings is 1. The lowest BCUT2D eigenvalue weighted by Crippen LogP contribution is -2.46. The summed E-state index contributed by atoms with van der Waals surface area (Å²) in [6, 6.07) is 13.4. The number of methoxy groups -OCH3 is 1. The number of carbonyl (C=O) groups excluding carboxylic acids is 3. The fourth-order valence-electron chi connectivity index (χ4n) is 5.34. The minimum absolute atomic E-state index is 0.0576. The Labute approximate surface area is 208 Å². The number of ether oxygens (including phenoxy) is 1. The smallest absolute Gasteiger partial charge is 0.241 e. The Morgan fingerprint density at radius 3 is 2.75 bits per heavy atom. The first-order valence-electron chi connectivity index (χ1n) is 12.1. The van der Waals surface area contributed by atoms with Crippen molar-refractivity contribution >= 4 is 28.8 Å². The number of benzene rings is 2. The topological polar surface area (TPSA) is 92.9 Å². The van der Waals surface area contributed by atoms with Crippen molar-refractivity contribution < 1.29 is 27.9 Å². The lowest BCUT2D eigenvalue weighted by molar-refractivity contribution is -0.143. The summed E-state index contributed by atoms with van der Waals surface area (Å²) in [5.41, 5.74) is -0.0527. The van der Waals surface area contributed by atoms with Crippen LogP contribution >= 0.6 is 0 Å². The Bertz CT molecular complexity index is 1270. The number of para-hydroxylation sites is 2. The predicted molar refractivity (Wildman–Crippen MR) is 128 cm³/mol. The van der Waals surface area contributed by atoms with E-state index in [2.05, 4.69) is 4.98 Å². The fraction of sp³-hybridized carbons (Fsp3) is 0.407. The van der Waals surface area contributed by atoms with E-state index in [1.165, 1.54) is 25.3 Å². The Hall–Kier alpha value is -3.59. The second kappa shape index (κ2) is 9.81. The van der Waals surface area contributed by atoms with Crippen molar-refractivity contribution in [2.24, 2.45) is 0 Å². The maximum Gasteiger partial charge on any atom is 0.241 e. The van der Waals surface area contributed by atoms with Crippen molar-refractivity contribution in [1.29, 1.82) is 0 Å². The average molecular weight is 494 g/mol. The zero-order chi connectivity index (χ0) is 25.3. The number of amides is 3. The van der Waals surface area contributed by atoms with Gasteiger partial charge in [0.1, 0.15) is 11.3 Å². The van der Waals surface area contributed by atoms with Gasteiger partial charge in [-0.2, -0.15) is 0 Å². The minimum atomic E-state index is -1.59. The van der Waals surface area contributed by atoms with Crippen LogP contribution in [-0.2, 0) is 24.5 Å². The number of fused-ring (bicyclic) bond motifs is 1. The molecule has 3 heterocycles. The molecule has 188 valence electrons. The SMILES string of the molecule is COCCN1C(=O)CC(CC(=O)N2CCCC(c3nc4ccccc4o3)C2)(c2ccccc2F)C1=O. The summed E-state index contributed by atoms with van der Waals surface area (Å²) >= 11 is 0. The molecule has 2 unspecified atom stereocenters. The van der Waals surface area contributed by atoms with Crippen LogP contribution in [0.15, 0.2) is 52.9 Å². The van der Waals surface area contributed by atoms with E-state index in [1.807, 2.05) is 24.3 Å². The molecule has 2 aromatic carbocycles. The first kappa shape index (κ1) is 24.1. The first-order valence-corrected chi connectivity index (χ1v) is 12.1. The highest BCUT2D eigenvalue weighted by atomic mass is 19.1. The average Bonchev–Trinajstić information content (AvgIpc) is 3.42. The molecule has 3 amide bonds. The second-order valence-electron chi connectivity index (χ2n) is 9.46. The lowest BCUT2D eigenvalue weighted by Gasteiger charge is -2.34. The van der Waals surface area contributed by atoms with E-state index in [0.717, 1.165) is 23.3 Å². The van der Waals surface area contributed by atoms with Gasteiger partial charge in [0.15, 0.2) is 11.5 Å². The summed E-state index contributed by atoms with van der Waals surface area (Å²) in [7, 11) is 1.47. The Kier molecular flexibility index (Phi) is 6.57. The van der Waals surface area contributed by atoms with Gasteiger partial charge in [-0.1, -0.05) is 30.3 Å². The van der Waals surface area contributed by atoms with E-state index in [-0.39, 0.29) is 43.4 Å². The summed E-state index contributed by atoms with van der Waals surface area (Å²) in [6.07, 6.45) is 1.01. The van der Waals surface area contributed by atoms with Crippen molar-refractivity contribution in [2.45, 2.75) is 37.0 Å². The molecule has 0 spiro atoms. The van der Waals surface area contributed by atoms with Crippen molar-refractivity contribution in [1.82, 2.24) is 14.8 Å². The van der Waals surface area contributed by atoms with Crippen molar-refractivity contribution in [3.05, 3.63) is 65.8 Å². The Morgan fingerprint density at radius 2 is 1.97 bits per heavy atom. The van der Waals surface area contributed by atoms with Gasteiger partial charge < -0.3 is 14.1 Å². The van der Waals surface area contributed by atoms with Crippen LogP contribution in [0.5, 0.6) is 0 Å². The highest BCUT2D eigenvalue weighted by molar-refractivity contribution is 6.10. The van der Waals surface area contributed by atoms with Gasteiger partial charge in [-0.25, -0.2) is 9.37 Å². The molecule has 2 fully saturated rings. The van der Waals surface area contributed by atoms with Gasteiger partial charge in [0.2, 0.25) is 17.7 Å². The third-order valence-electron chi connectivity index (χ3n) is 7.20. The molecular weight excluding hydrogens is 465 g/mol. The summed E-state index contributed by atoms with van der Waals surface area (Å²) in [5, 5.41) is 0. The molecule has 0 bridgehead atoms. The molecule has 5 rings (SSSR count). The number of aromatic nitrogens is 1. The number of carbonyl (C=O) groups is 3. The molecule has 36 heavy (non-hydrogen) atoms. The van der Waals surface area contributed by atoms with Gasteiger partial charge >= 0.3 is 0 Å². The molecule has 8 nitrogen and oxygen atoms in total. The molecule has 9 heteroatoms. The van der Waals surface area contributed by atoms with Gasteiger partial charge in [0.05, 0.1) is 24.5 Å². The van der Waals surface area contributed by atoms with E-state index in [9.17, 15) is 18.8 Å². The van der Waals surface area contributed by atoms with Gasteiger partial charge in [-0.15, -0.1) is 0 Å². The van der Waals surface area contributed by atoms with Crippen LogP contribution in [0.4, 0.5) is 4.39 Å². The van der Waals surface area contributed by atoms with Crippen LogP contribution < -0.4 is 0 Å². The zero-order valence-electron chi connectivity index (χ0n) is 20.1. The molecule has 0 radical (unpaired) electrons. The summed E-state index contributed by atoms with van der Waals surface area (Å²) < 4.78 is 26.0. The molecule has 2 aliphatic heterocycles. The minimum Gasteiger partial charge on any atom is -0.440 e. The van der Waals surface area contributed by atoms with Crippen molar-refractivity contribution in [3.8, 4) is 0 Å². The molecule has 0 N–H and O–H groups in total. The third kappa shape index (κ3) is 4.28. The maximum absolute atomic E-state index is 15.0. The second-order valence-corrected chi connectivity index (χ2v) is 9.46. The van der Waals surface area contributed by atoms with E-state index in [0.29, 0.717) is 24.6 Å². The lowest BCUT2D eigenvalue weighted by atomic mass is 9.75. The molecule has 0 saturated carbocycles. The quantitative estimate of drug-likeness (QED) is 0.469. The van der Waals surface area contributed by atoms with Gasteiger partial charge in [-0.3, -0.25) is 19.3 Å². The predicted octanol–water partition coefficient (Wildman–Crippen LogP) is 3.41. The van der Waals surface area contributed by atoms with Gasteiger partial charge in [0.25, 0.3) is 0 Å². The van der Waals surface area contributed by atoms with E-state index < -0.39 is 23.0 Å².